The van der Waals surface area contributed by atoms with Crippen LogP contribution in [-0.4, -0.2) is 36.4 Å². The van der Waals surface area contributed by atoms with Crippen molar-refractivity contribution in [1.29, 1.82) is 0 Å². The Morgan fingerprint density at radius 3 is 3.24 bits per heavy atom. The monoisotopic (exact) mass is 289 g/mol. The Kier molecular flexibility index (Phi) is 3.39. The van der Waals surface area contributed by atoms with Gasteiger partial charge in [0.2, 0.25) is 0 Å². The van der Waals surface area contributed by atoms with Crippen LogP contribution in [0.4, 0.5) is 5.82 Å². The summed E-state index contributed by atoms with van der Waals surface area (Å²) in [5.74, 6) is 2.11. The van der Waals surface area contributed by atoms with Gasteiger partial charge >= 0.3 is 0 Å². The summed E-state index contributed by atoms with van der Waals surface area (Å²) in [6.07, 6.45) is 1.17. The molecule has 0 unspecified atom stereocenters. The fourth-order valence-corrected chi connectivity index (χ4v) is 3.81. The standard InChI is InChI=1S/C11H13Cl2N3S/c12-8-5-9-11(15-10(8)13)16-3-2-14-6-7(16)1-4-17-9/h5,7,14H,1-4,6H2/t7-/m0/s1. The number of piperazine rings is 1. The van der Waals surface area contributed by atoms with E-state index in [4.69, 9.17) is 23.2 Å². The molecule has 0 spiro atoms. The van der Waals surface area contributed by atoms with Crippen molar-refractivity contribution in [1.82, 2.24) is 10.3 Å². The zero-order valence-corrected chi connectivity index (χ0v) is 11.6. The quantitative estimate of drug-likeness (QED) is 0.744. The van der Waals surface area contributed by atoms with E-state index in [-0.39, 0.29) is 0 Å². The molecule has 6 heteroatoms. The molecule has 92 valence electrons. The number of aromatic nitrogens is 1. The molecule has 2 aliphatic rings. The lowest BCUT2D eigenvalue weighted by molar-refractivity contribution is 0.465. The van der Waals surface area contributed by atoms with Crippen LogP contribution in [0.3, 0.4) is 0 Å². The highest BCUT2D eigenvalue weighted by molar-refractivity contribution is 7.99. The summed E-state index contributed by atoms with van der Waals surface area (Å²) in [6, 6.07) is 2.48. The van der Waals surface area contributed by atoms with E-state index in [1.165, 1.54) is 6.42 Å². The molecule has 1 aromatic heterocycles. The van der Waals surface area contributed by atoms with E-state index in [9.17, 15) is 0 Å². The molecule has 3 rings (SSSR count). The van der Waals surface area contributed by atoms with E-state index in [0.29, 0.717) is 16.2 Å². The third kappa shape index (κ3) is 2.24. The normalized spacial score (nSPS) is 23.9. The summed E-state index contributed by atoms with van der Waals surface area (Å²) in [7, 11) is 0. The second-order valence-corrected chi connectivity index (χ2v) is 6.17. The Morgan fingerprint density at radius 2 is 2.35 bits per heavy atom. The van der Waals surface area contributed by atoms with Crippen LogP contribution in [0.1, 0.15) is 6.42 Å². The van der Waals surface area contributed by atoms with Crippen molar-refractivity contribution in [2.24, 2.45) is 0 Å². The Labute approximate surface area is 115 Å². The van der Waals surface area contributed by atoms with Crippen LogP contribution < -0.4 is 10.2 Å². The lowest BCUT2D eigenvalue weighted by atomic mass is 10.1. The van der Waals surface area contributed by atoms with Crippen molar-refractivity contribution in [3.63, 3.8) is 0 Å². The number of thioether (sulfide) groups is 1. The zero-order valence-electron chi connectivity index (χ0n) is 9.25. The molecule has 0 aliphatic carbocycles. The molecule has 1 N–H and O–H groups in total. The minimum absolute atomic E-state index is 0.408. The van der Waals surface area contributed by atoms with Gasteiger partial charge in [-0.05, 0) is 12.5 Å². The molecule has 0 amide bonds. The number of hydrogen-bond acceptors (Lipinski definition) is 4. The lowest BCUT2D eigenvalue weighted by Crippen LogP contribution is -2.51. The maximum atomic E-state index is 6.04. The summed E-state index contributed by atoms with van der Waals surface area (Å²) in [6.45, 7) is 3.02. The van der Waals surface area contributed by atoms with Crippen molar-refractivity contribution >= 4 is 40.8 Å². The first-order valence-electron chi connectivity index (χ1n) is 5.72. The number of pyridine rings is 1. The fourth-order valence-electron chi connectivity index (χ4n) is 2.36. The molecule has 3 nitrogen and oxygen atoms in total. The van der Waals surface area contributed by atoms with E-state index < -0.39 is 0 Å². The number of fused-ring (bicyclic) bond motifs is 3. The van der Waals surface area contributed by atoms with Crippen molar-refractivity contribution in [2.45, 2.75) is 17.4 Å². The van der Waals surface area contributed by atoms with Gasteiger partial charge in [0.05, 0.1) is 9.92 Å². The Morgan fingerprint density at radius 1 is 1.47 bits per heavy atom. The van der Waals surface area contributed by atoms with Crippen LogP contribution in [0.15, 0.2) is 11.0 Å². The minimum atomic E-state index is 0.408. The Hall–Kier alpha value is -0.160. The van der Waals surface area contributed by atoms with Gasteiger partial charge in [0, 0.05) is 31.4 Å². The third-order valence-electron chi connectivity index (χ3n) is 3.21. The molecule has 0 saturated carbocycles. The van der Waals surface area contributed by atoms with Crippen LogP contribution in [0, 0.1) is 0 Å². The third-order valence-corrected chi connectivity index (χ3v) is 4.93. The van der Waals surface area contributed by atoms with Crippen LogP contribution in [0.5, 0.6) is 0 Å². The summed E-state index contributed by atoms with van der Waals surface area (Å²) >= 11 is 13.9. The predicted molar refractivity (Wildman–Crippen MR) is 73.6 cm³/mol. The average molecular weight is 290 g/mol. The maximum Gasteiger partial charge on any atom is 0.150 e. The van der Waals surface area contributed by atoms with Gasteiger partial charge in [-0.3, -0.25) is 0 Å². The van der Waals surface area contributed by atoms with Gasteiger partial charge < -0.3 is 10.2 Å². The molecule has 1 atom stereocenters. The molecule has 3 heterocycles. The molecule has 1 aromatic rings. The van der Waals surface area contributed by atoms with Crippen LogP contribution >= 0.6 is 35.0 Å². The minimum Gasteiger partial charge on any atom is -0.350 e. The van der Waals surface area contributed by atoms with Crippen LogP contribution in [0.25, 0.3) is 0 Å². The molecule has 2 aliphatic heterocycles. The van der Waals surface area contributed by atoms with Crippen molar-refractivity contribution in [3.05, 3.63) is 16.2 Å². The van der Waals surface area contributed by atoms with E-state index in [1.807, 2.05) is 17.8 Å². The Balaban J connectivity index is 2.05. The Bertz CT molecular complexity index is 441. The number of hydrogen-bond donors (Lipinski definition) is 1. The van der Waals surface area contributed by atoms with E-state index in [1.54, 1.807) is 0 Å². The molecule has 1 fully saturated rings. The lowest BCUT2D eigenvalue weighted by Gasteiger charge is -2.36. The largest absolute Gasteiger partial charge is 0.350 e. The predicted octanol–water partition coefficient (Wildman–Crippen LogP) is 2.66. The van der Waals surface area contributed by atoms with E-state index >= 15 is 0 Å². The van der Waals surface area contributed by atoms with Gasteiger partial charge in [0.1, 0.15) is 11.0 Å². The second-order valence-electron chi connectivity index (χ2n) is 4.27. The molecule has 0 bridgehead atoms. The van der Waals surface area contributed by atoms with Crippen LogP contribution in [0.2, 0.25) is 10.2 Å². The number of anilines is 1. The number of nitrogens with one attached hydrogen (secondary N) is 1. The number of rotatable bonds is 0. The first-order chi connectivity index (χ1) is 8.25. The van der Waals surface area contributed by atoms with Gasteiger partial charge in [0.15, 0.2) is 0 Å². The first kappa shape index (κ1) is 11.9. The van der Waals surface area contributed by atoms with Crippen molar-refractivity contribution < 1.29 is 0 Å². The molecule has 0 aromatic carbocycles. The van der Waals surface area contributed by atoms with Gasteiger partial charge in [0.25, 0.3) is 0 Å². The topological polar surface area (TPSA) is 28.2 Å². The molecular weight excluding hydrogens is 277 g/mol. The van der Waals surface area contributed by atoms with Gasteiger partial charge in [-0.1, -0.05) is 23.2 Å². The highest BCUT2D eigenvalue weighted by atomic mass is 35.5. The summed E-state index contributed by atoms with van der Waals surface area (Å²) < 4.78 is 0. The van der Waals surface area contributed by atoms with E-state index in [2.05, 4.69) is 15.2 Å². The second kappa shape index (κ2) is 4.84. The van der Waals surface area contributed by atoms with Crippen molar-refractivity contribution in [3.8, 4) is 0 Å². The molecule has 17 heavy (non-hydrogen) atoms. The van der Waals surface area contributed by atoms with Crippen molar-refractivity contribution in [2.75, 3.05) is 30.3 Å². The smallest absolute Gasteiger partial charge is 0.150 e. The van der Waals surface area contributed by atoms with Crippen LogP contribution in [-0.2, 0) is 0 Å². The van der Waals surface area contributed by atoms with Gasteiger partial charge in [-0.25, -0.2) is 4.98 Å². The molecule has 1 saturated heterocycles. The molecular formula is C11H13Cl2N3S. The van der Waals surface area contributed by atoms with E-state index in [0.717, 1.165) is 36.1 Å². The summed E-state index contributed by atoms with van der Waals surface area (Å²) in [4.78, 5) is 7.99. The maximum absolute atomic E-state index is 6.04. The number of halogens is 2. The number of nitrogens with zero attached hydrogens (tertiary/aromatic N) is 2. The summed E-state index contributed by atoms with van der Waals surface area (Å²) in [5.41, 5.74) is 0. The highest BCUT2D eigenvalue weighted by Gasteiger charge is 2.28. The molecule has 0 radical (unpaired) electrons. The zero-order chi connectivity index (χ0) is 11.8. The SMILES string of the molecule is Clc1cc2c(nc1Cl)N1CCNC[C@@H]1CCS2. The average Bonchev–Trinajstić information content (AvgIpc) is 2.50. The van der Waals surface area contributed by atoms with Gasteiger partial charge in [-0.2, -0.15) is 0 Å². The van der Waals surface area contributed by atoms with Gasteiger partial charge in [-0.15, -0.1) is 11.8 Å². The highest BCUT2D eigenvalue weighted by Crippen LogP contribution is 2.38. The summed E-state index contributed by atoms with van der Waals surface area (Å²) in [5, 5.41) is 4.39. The fraction of sp³-hybridized carbons (Fsp3) is 0.545. The first-order valence-corrected chi connectivity index (χ1v) is 7.46.